The van der Waals surface area contributed by atoms with Crippen molar-refractivity contribution in [1.82, 2.24) is 9.80 Å². The average molecular weight is 348 g/mol. The maximum absolute atomic E-state index is 13.0. The highest BCUT2D eigenvalue weighted by Gasteiger charge is 2.23. The molecule has 140 valence electrons. The summed E-state index contributed by atoms with van der Waals surface area (Å²) in [6.45, 7) is 12.0. The monoisotopic (exact) mass is 348 g/mol. The second kappa shape index (κ2) is 10.9. The van der Waals surface area contributed by atoms with Crippen molar-refractivity contribution in [3.63, 3.8) is 0 Å². The number of nitrogens with zero attached hydrogens (tertiary/aromatic N) is 2. The van der Waals surface area contributed by atoms with Crippen LogP contribution in [0.25, 0.3) is 0 Å². The summed E-state index contributed by atoms with van der Waals surface area (Å²) in [5.74, 6) is -0.647. The average Bonchev–Trinajstić information content (AvgIpc) is 2.63. The molecule has 5 nitrogen and oxygen atoms in total. The normalized spacial score (nSPS) is 12.1. The van der Waals surface area contributed by atoms with Crippen LogP contribution in [0.3, 0.4) is 0 Å². The minimum Gasteiger partial charge on any atom is -0.469 e. The summed E-state index contributed by atoms with van der Waals surface area (Å²) in [5.41, 5.74) is 1.65. The molecule has 0 saturated heterocycles. The van der Waals surface area contributed by atoms with Crippen LogP contribution in [-0.2, 0) is 9.53 Å². The van der Waals surface area contributed by atoms with Gasteiger partial charge in [-0.25, -0.2) is 0 Å². The Bertz CT molecular complexity index is 556. The third-order valence-electron chi connectivity index (χ3n) is 4.56. The molecule has 25 heavy (non-hydrogen) atoms. The first-order valence-electron chi connectivity index (χ1n) is 9.09. The number of rotatable bonds is 10. The highest BCUT2D eigenvalue weighted by Crippen LogP contribution is 2.13. The van der Waals surface area contributed by atoms with Gasteiger partial charge in [0.25, 0.3) is 5.91 Å². The Kier molecular flexibility index (Phi) is 9.21. The lowest BCUT2D eigenvalue weighted by molar-refractivity contribution is -0.145. The first-order chi connectivity index (χ1) is 11.9. The van der Waals surface area contributed by atoms with E-state index in [1.165, 1.54) is 7.11 Å². The van der Waals surface area contributed by atoms with E-state index in [1.54, 1.807) is 11.8 Å². The van der Waals surface area contributed by atoms with E-state index in [-0.39, 0.29) is 17.8 Å². The topological polar surface area (TPSA) is 49.9 Å². The van der Waals surface area contributed by atoms with Gasteiger partial charge in [-0.3, -0.25) is 9.59 Å². The van der Waals surface area contributed by atoms with Crippen molar-refractivity contribution in [2.45, 2.75) is 34.1 Å². The summed E-state index contributed by atoms with van der Waals surface area (Å²) in [5, 5.41) is 0. The molecule has 5 heteroatoms. The SMILES string of the molecule is CCN(CC)CCCN(CC(C)C(=O)OC)C(=O)c1ccccc1C. The van der Waals surface area contributed by atoms with Gasteiger partial charge in [0, 0.05) is 18.7 Å². The Morgan fingerprint density at radius 1 is 1.12 bits per heavy atom. The second-order valence-corrected chi connectivity index (χ2v) is 6.37. The molecule has 0 radical (unpaired) electrons. The zero-order chi connectivity index (χ0) is 18.8. The van der Waals surface area contributed by atoms with E-state index in [9.17, 15) is 9.59 Å². The maximum atomic E-state index is 13.0. The standard InChI is InChI=1S/C20H32N2O3/c1-6-21(7-2)13-10-14-22(15-17(4)20(24)25-5)19(23)18-12-9-8-11-16(18)3/h8-9,11-12,17H,6-7,10,13-15H2,1-5H3. The molecular weight excluding hydrogens is 316 g/mol. The molecule has 1 aromatic rings. The number of carbonyl (C=O) groups is 2. The van der Waals surface area contributed by atoms with Gasteiger partial charge in [0.15, 0.2) is 0 Å². The second-order valence-electron chi connectivity index (χ2n) is 6.37. The van der Waals surface area contributed by atoms with Crippen molar-refractivity contribution in [1.29, 1.82) is 0 Å². The van der Waals surface area contributed by atoms with Crippen LogP contribution in [-0.4, -0.2) is 61.5 Å². The molecule has 0 fully saturated rings. The van der Waals surface area contributed by atoms with Gasteiger partial charge in [-0.05, 0) is 44.6 Å². The number of benzene rings is 1. The molecular formula is C20H32N2O3. The Labute approximate surface area is 151 Å². The van der Waals surface area contributed by atoms with Gasteiger partial charge >= 0.3 is 5.97 Å². The molecule has 0 heterocycles. The lowest BCUT2D eigenvalue weighted by Crippen LogP contribution is -2.39. The molecule has 1 rings (SSSR count). The highest BCUT2D eigenvalue weighted by atomic mass is 16.5. The maximum Gasteiger partial charge on any atom is 0.310 e. The number of aryl methyl sites for hydroxylation is 1. The number of hydrogen-bond donors (Lipinski definition) is 0. The molecule has 1 atom stereocenters. The number of amides is 1. The number of hydrogen-bond acceptors (Lipinski definition) is 4. The molecule has 0 bridgehead atoms. The zero-order valence-electron chi connectivity index (χ0n) is 16.2. The van der Waals surface area contributed by atoms with E-state index >= 15 is 0 Å². The van der Waals surface area contributed by atoms with E-state index in [0.29, 0.717) is 18.7 Å². The van der Waals surface area contributed by atoms with E-state index < -0.39 is 0 Å². The van der Waals surface area contributed by atoms with E-state index in [4.69, 9.17) is 4.74 Å². The zero-order valence-corrected chi connectivity index (χ0v) is 16.2. The summed E-state index contributed by atoms with van der Waals surface area (Å²) < 4.78 is 4.81. The lowest BCUT2D eigenvalue weighted by Gasteiger charge is -2.27. The molecule has 0 N–H and O–H groups in total. The third kappa shape index (κ3) is 6.50. The Morgan fingerprint density at radius 3 is 2.32 bits per heavy atom. The first-order valence-corrected chi connectivity index (χ1v) is 9.09. The quantitative estimate of drug-likeness (QED) is 0.610. The van der Waals surface area contributed by atoms with Crippen molar-refractivity contribution >= 4 is 11.9 Å². The number of ether oxygens (including phenoxy) is 1. The third-order valence-corrected chi connectivity index (χ3v) is 4.56. The smallest absolute Gasteiger partial charge is 0.310 e. The fourth-order valence-electron chi connectivity index (χ4n) is 2.89. The molecule has 0 saturated carbocycles. The molecule has 0 aliphatic heterocycles. The Balaban J connectivity index is 2.85. The van der Waals surface area contributed by atoms with Crippen LogP contribution in [0, 0.1) is 12.8 Å². The van der Waals surface area contributed by atoms with Crippen molar-refractivity contribution in [3.05, 3.63) is 35.4 Å². The first kappa shape index (κ1) is 21.2. The molecule has 0 aliphatic rings. The molecule has 0 aliphatic carbocycles. The van der Waals surface area contributed by atoms with Crippen LogP contribution in [0.15, 0.2) is 24.3 Å². The fraction of sp³-hybridized carbons (Fsp3) is 0.600. The van der Waals surface area contributed by atoms with E-state index in [2.05, 4.69) is 18.7 Å². The van der Waals surface area contributed by atoms with E-state index in [0.717, 1.165) is 31.6 Å². The summed E-state index contributed by atoms with van der Waals surface area (Å²) in [7, 11) is 1.38. The van der Waals surface area contributed by atoms with Crippen LogP contribution in [0.5, 0.6) is 0 Å². The minimum absolute atomic E-state index is 0.0200. The predicted octanol–water partition coefficient (Wildman–Crippen LogP) is 2.98. The Morgan fingerprint density at radius 2 is 1.76 bits per heavy atom. The van der Waals surface area contributed by atoms with Crippen LogP contribution in [0.4, 0.5) is 0 Å². The summed E-state index contributed by atoms with van der Waals surface area (Å²) in [4.78, 5) is 28.9. The van der Waals surface area contributed by atoms with Gasteiger partial charge < -0.3 is 14.5 Å². The van der Waals surface area contributed by atoms with Gasteiger partial charge in [0.05, 0.1) is 13.0 Å². The molecule has 1 unspecified atom stereocenters. The van der Waals surface area contributed by atoms with Crippen molar-refractivity contribution in [2.24, 2.45) is 5.92 Å². The predicted molar refractivity (Wildman–Crippen MR) is 101 cm³/mol. The molecule has 1 aromatic carbocycles. The minimum atomic E-state index is -0.341. The van der Waals surface area contributed by atoms with Crippen LogP contribution in [0.2, 0.25) is 0 Å². The van der Waals surface area contributed by atoms with Crippen molar-refractivity contribution in [2.75, 3.05) is 39.8 Å². The lowest BCUT2D eigenvalue weighted by atomic mass is 10.1. The molecule has 1 amide bonds. The van der Waals surface area contributed by atoms with Crippen LogP contribution < -0.4 is 0 Å². The van der Waals surface area contributed by atoms with Crippen LogP contribution >= 0.6 is 0 Å². The van der Waals surface area contributed by atoms with E-state index in [1.807, 2.05) is 31.2 Å². The van der Waals surface area contributed by atoms with Gasteiger partial charge in [-0.2, -0.15) is 0 Å². The number of methoxy groups -OCH3 is 1. The van der Waals surface area contributed by atoms with Crippen LogP contribution in [0.1, 0.15) is 43.1 Å². The largest absolute Gasteiger partial charge is 0.469 e. The number of carbonyl (C=O) groups excluding carboxylic acids is 2. The van der Waals surface area contributed by atoms with Gasteiger partial charge in [0.1, 0.15) is 0 Å². The Hall–Kier alpha value is -1.88. The summed E-state index contributed by atoms with van der Waals surface area (Å²) >= 11 is 0. The summed E-state index contributed by atoms with van der Waals surface area (Å²) in [6.07, 6.45) is 0.882. The van der Waals surface area contributed by atoms with Gasteiger partial charge in [-0.15, -0.1) is 0 Å². The van der Waals surface area contributed by atoms with Crippen molar-refractivity contribution in [3.8, 4) is 0 Å². The number of esters is 1. The van der Waals surface area contributed by atoms with Gasteiger partial charge in [0.2, 0.25) is 0 Å². The molecule has 0 aromatic heterocycles. The highest BCUT2D eigenvalue weighted by molar-refractivity contribution is 5.95. The molecule has 0 spiro atoms. The fourth-order valence-corrected chi connectivity index (χ4v) is 2.89. The van der Waals surface area contributed by atoms with Crippen molar-refractivity contribution < 1.29 is 14.3 Å². The summed E-state index contributed by atoms with van der Waals surface area (Å²) in [6, 6.07) is 7.58. The van der Waals surface area contributed by atoms with Gasteiger partial charge in [-0.1, -0.05) is 39.0 Å².